The molecule has 0 radical (unpaired) electrons. The van der Waals surface area contributed by atoms with Crippen molar-refractivity contribution in [2.45, 2.75) is 26.2 Å². The quantitative estimate of drug-likeness (QED) is 0.439. The smallest absolute Gasteiger partial charge is 0.350 e. The van der Waals surface area contributed by atoms with E-state index in [2.05, 4.69) is 11.0 Å². The van der Waals surface area contributed by atoms with Gasteiger partial charge in [-0.3, -0.25) is 0 Å². The molecule has 0 amide bonds. The highest BCUT2D eigenvalue weighted by Crippen LogP contribution is 2.36. The highest BCUT2D eigenvalue weighted by molar-refractivity contribution is 7.18. The summed E-state index contributed by atoms with van der Waals surface area (Å²) in [6, 6.07) is 2.28. The number of carbonyl (C=O) groups is 2. The van der Waals surface area contributed by atoms with Crippen molar-refractivity contribution < 1.29 is 28.5 Å². The Labute approximate surface area is 217 Å². The van der Waals surface area contributed by atoms with Crippen LogP contribution in [0.5, 0.6) is 0 Å². The Morgan fingerprint density at radius 3 is 1.94 bits per heavy atom. The summed E-state index contributed by atoms with van der Waals surface area (Å²) in [4.78, 5) is 39.7. The first-order chi connectivity index (χ1) is 17.5. The van der Waals surface area contributed by atoms with E-state index in [-0.39, 0.29) is 19.6 Å². The van der Waals surface area contributed by atoms with Crippen LogP contribution in [-0.2, 0) is 25.4 Å². The Bertz CT molecular complexity index is 1100. The van der Waals surface area contributed by atoms with Gasteiger partial charge in [0.2, 0.25) is 0 Å². The van der Waals surface area contributed by atoms with Crippen molar-refractivity contribution in [3.05, 3.63) is 21.1 Å². The molecule has 0 N–H and O–H groups in total. The largest absolute Gasteiger partial charge is 0.462 e. The number of morpholine rings is 2. The number of ether oxygens (including phenoxy) is 4. The van der Waals surface area contributed by atoms with Crippen molar-refractivity contribution in [3.63, 3.8) is 0 Å². The van der Waals surface area contributed by atoms with Crippen LogP contribution in [0.1, 0.15) is 50.5 Å². The molecular formula is C23H29N5O6S2. The molecule has 13 heteroatoms. The maximum absolute atomic E-state index is 12.8. The van der Waals surface area contributed by atoms with Crippen molar-refractivity contribution in [2.75, 3.05) is 75.6 Å². The van der Waals surface area contributed by atoms with Gasteiger partial charge in [0.15, 0.2) is 10.3 Å². The Kier molecular flexibility index (Phi) is 9.08. The van der Waals surface area contributed by atoms with Crippen LogP contribution in [0, 0.1) is 11.3 Å². The molecule has 2 aliphatic rings. The average molecular weight is 536 g/mol. The van der Waals surface area contributed by atoms with E-state index < -0.39 is 17.9 Å². The van der Waals surface area contributed by atoms with Gasteiger partial charge in [-0.25, -0.2) is 19.6 Å². The second kappa shape index (κ2) is 12.4. The minimum Gasteiger partial charge on any atom is -0.462 e. The maximum atomic E-state index is 12.8. The normalized spacial score (nSPS) is 16.9. The SMILES string of the molecule is CCOC(=O)c1sc(N2CCOCC2)nc1C[C@H](C#N)c1nc(N2CCOCC2)sc1C(=O)OCC. The molecule has 2 aromatic rings. The fraction of sp³-hybridized carbons (Fsp3) is 0.609. The number of nitriles is 1. The minimum atomic E-state index is -0.803. The van der Waals surface area contributed by atoms with E-state index in [0.717, 1.165) is 0 Å². The second-order valence-electron chi connectivity index (χ2n) is 8.01. The molecule has 0 unspecified atom stereocenters. The van der Waals surface area contributed by atoms with E-state index in [1.165, 1.54) is 22.7 Å². The van der Waals surface area contributed by atoms with Crippen LogP contribution >= 0.6 is 22.7 Å². The van der Waals surface area contributed by atoms with Crippen molar-refractivity contribution in [3.8, 4) is 6.07 Å². The van der Waals surface area contributed by atoms with Crippen molar-refractivity contribution in [2.24, 2.45) is 0 Å². The summed E-state index contributed by atoms with van der Waals surface area (Å²) in [5.41, 5.74) is 0.806. The van der Waals surface area contributed by atoms with Gasteiger partial charge in [-0.15, -0.1) is 0 Å². The monoisotopic (exact) mass is 535 g/mol. The van der Waals surface area contributed by atoms with Crippen molar-refractivity contribution in [1.82, 2.24) is 9.97 Å². The molecule has 1 atom stereocenters. The lowest BCUT2D eigenvalue weighted by atomic mass is 9.99. The summed E-state index contributed by atoms with van der Waals surface area (Å²) in [7, 11) is 0. The van der Waals surface area contributed by atoms with E-state index in [9.17, 15) is 14.9 Å². The third kappa shape index (κ3) is 5.95. The number of esters is 2. The number of hydrogen-bond acceptors (Lipinski definition) is 13. The first-order valence-electron chi connectivity index (χ1n) is 11.9. The molecule has 2 saturated heterocycles. The van der Waals surface area contributed by atoms with Gasteiger partial charge < -0.3 is 28.7 Å². The predicted molar refractivity (Wildman–Crippen MR) is 134 cm³/mol. The topological polar surface area (TPSA) is 127 Å². The van der Waals surface area contributed by atoms with E-state index in [4.69, 9.17) is 28.9 Å². The number of aromatic nitrogens is 2. The average Bonchev–Trinajstić information content (AvgIpc) is 3.54. The van der Waals surface area contributed by atoms with Gasteiger partial charge in [-0.1, -0.05) is 22.7 Å². The highest BCUT2D eigenvalue weighted by Gasteiger charge is 2.31. The number of carbonyl (C=O) groups excluding carboxylic acids is 2. The zero-order valence-electron chi connectivity index (χ0n) is 20.4. The lowest BCUT2D eigenvalue weighted by Crippen LogP contribution is -2.36. The molecule has 194 valence electrons. The summed E-state index contributed by atoms with van der Waals surface area (Å²) in [5.74, 6) is -1.79. The van der Waals surface area contributed by atoms with E-state index in [1.54, 1.807) is 13.8 Å². The first kappa shape index (κ1) is 26.3. The molecule has 0 spiro atoms. The summed E-state index contributed by atoms with van der Waals surface area (Å²) in [6.45, 7) is 8.84. The van der Waals surface area contributed by atoms with Crippen LogP contribution in [0.25, 0.3) is 0 Å². The van der Waals surface area contributed by atoms with Gasteiger partial charge in [-0.2, -0.15) is 5.26 Å². The lowest BCUT2D eigenvalue weighted by Gasteiger charge is -2.26. The van der Waals surface area contributed by atoms with E-state index in [0.29, 0.717) is 84.0 Å². The Morgan fingerprint density at radius 1 is 0.917 bits per heavy atom. The number of thiazole rings is 2. The van der Waals surface area contributed by atoms with Crippen molar-refractivity contribution in [1.29, 1.82) is 5.26 Å². The first-order valence-corrected chi connectivity index (χ1v) is 13.6. The third-order valence-corrected chi connectivity index (χ3v) is 7.95. The van der Waals surface area contributed by atoms with Gasteiger partial charge in [0.25, 0.3) is 0 Å². The van der Waals surface area contributed by atoms with E-state index in [1.807, 2.05) is 4.90 Å². The molecule has 2 aromatic heterocycles. The number of nitrogens with zero attached hydrogens (tertiary/aromatic N) is 5. The van der Waals surface area contributed by atoms with Gasteiger partial charge in [0.05, 0.1) is 63.0 Å². The van der Waals surface area contributed by atoms with Crippen LogP contribution in [0.4, 0.5) is 10.3 Å². The Hall–Kier alpha value is -2.79. The zero-order chi connectivity index (χ0) is 25.5. The summed E-state index contributed by atoms with van der Waals surface area (Å²) >= 11 is 2.47. The number of rotatable bonds is 9. The lowest BCUT2D eigenvalue weighted by molar-refractivity contribution is 0.0519. The third-order valence-electron chi connectivity index (χ3n) is 5.70. The van der Waals surface area contributed by atoms with Crippen LogP contribution in [0.2, 0.25) is 0 Å². The molecule has 36 heavy (non-hydrogen) atoms. The Balaban J connectivity index is 1.67. The molecule has 0 aromatic carbocycles. The van der Waals surface area contributed by atoms with Crippen LogP contribution < -0.4 is 9.80 Å². The molecule has 11 nitrogen and oxygen atoms in total. The standard InChI is InChI=1S/C23H29N5O6S2/c1-3-33-20(29)18-16(25-22(35-18)27-5-9-31-10-6-27)13-15(14-24)17-19(21(30)34-4-2)36-23(26-17)28-7-11-32-12-8-28/h15H,3-13H2,1-2H3/t15-/m1/s1. The van der Waals surface area contributed by atoms with Gasteiger partial charge >= 0.3 is 11.9 Å². The fourth-order valence-corrected chi connectivity index (χ4v) is 6.02. The number of anilines is 2. The van der Waals surface area contributed by atoms with Crippen LogP contribution in [-0.4, -0.2) is 87.7 Å². The minimum absolute atomic E-state index is 0.115. The molecule has 0 bridgehead atoms. The fourth-order valence-electron chi connectivity index (χ4n) is 3.91. The zero-order valence-corrected chi connectivity index (χ0v) is 22.0. The molecule has 4 rings (SSSR count). The molecular weight excluding hydrogens is 506 g/mol. The highest BCUT2D eigenvalue weighted by atomic mass is 32.1. The molecule has 2 aliphatic heterocycles. The summed E-state index contributed by atoms with van der Waals surface area (Å²) in [6.07, 6.45) is 0.115. The van der Waals surface area contributed by atoms with E-state index >= 15 is 0 Å². The predicted octanol–water partition coefficient (Wildman–Crippen LogP) is 2.48. The number of hydrogen-bond donors (Lipinski definition) is 0. The van der Waals surface area contributed by atoms with Gasteiger partial charge in [0, 0.05) is 32.6 Å². The maximum Gasteiger partial charge on any atom is 0.350 e. The summed E-state index contributed by atoms with van der Waals surface area (Å²) in [5, 5.41) is 11.5. The molecule has 0 saturated carbocycles. The molecule has 4 heterocycles. The van der Waals surface area contributed by atoms with Gasteiger partial charge in [-0.05, 0) is 13.8 Å². The van der Waals surface area contributed by atoms with Crippen molar-refractivity contribution >= 4 is 44.9 Å². The molecule has 2 fully saturated rings. The van der Waals surface area contributed by atoms with Crippen LogP contribution in [0.3, 0.4) is 0 Å². The Morgan fingerprint density at radius 2 is 1.42 bits per heavy atom. The summed E-state index contributed by atoms with van der Waals surface area (Å²) < 4.78 is 21.4. The second-order valence-corrected chi connectivity index (χ2v) is 9.96. The van der Waals surface area contributed by atoms with Crippen LogP contribution in [0.15, 0.2) is 0 Å². The van der Waals surface area contributed by atoms with Gasteiger partial charge in [0.1, 0.15) is 9.75 Å². The molecule has 0 aliphatic carbocycles.